The monoisotopic (exact) mass is 249 g/mol. The Kier molecular flexibility index (Phi) is 6.12. The van der Waals surface area contributed by atoms with Crippen molar-refractivity contribution in [1.82, 2.24) is 9.88 Å². The number of aromatic nitrogens is 1. The molecule has 0 saturated heterocycles. The van der Waals surface area contributed by atoms with E-state index in [-0.39, 0.29) is 5.91 Å². The minimum atomic E-state index is 0.0269. The molecule has 1 rings (SSSR count). The molecular weight excluding hydrogens is 234 g/mol. The van der Waals surface area contributed by atoms with Crippen LogP contribution in [0.25, 0.3) is 0 Å². The largest absolute Gasteiger partial charge is 0.337 e. The van der Waals surface area contributed by atoms with Gasteiger partial charge in [0.1, 0.15) is 0 Å². The first-order valence-corrected chi connectivity index (χ1v) is 6.05. The molecule has 0 fully saturated rings. The van der Waals surface area contributed by atoms with Gasteiger partial charge in [-0.15, -0.1) is 0 Å². The van der Waals surface area contributed by atoms with E-state index in [0.29, 0.717) is 31.7 Å². The Morgan fingerprint density at radius 1 is 1.59 bits per heavy atom. The lowest BCUT2D eigenvalue weighted by Gasteiger charge is -2.21. The zero-order valence-corrected chi connectivity index (χ0v) is 10.4. The van der Waals surface area contributed by atoms with Gasteiger partial charge in [-0.3, -0.25) is 9.78 Å². The van der Waals surface area contributed by atoms with E-state index in [9.17, 15) is 4.79 Å². The fourth-order valence-electron chi connectivity index (χ4n) is 1.44. The average molecular weight is 249 g/mol. The molecule has 17 heavy (non-hydrogen) atoms. The van der Waals surface area contributed by atoms with Gasteiger partial charge >= 0.3 is 0 Å². The van der Waals surface area contributed by atoms with Crippen LogP contribution in [0.1, 0.15) is 18.4 Å². The van der Waals surface area contributed by atoms with Crippen LogP contribution in [0.4, 0.5) is 0 Å². The van der Waals surface area contributed by atoms with E-state index in [0.717, 1.165) is 5.56 Å². The molecule has 0 aliphatic carbocycles. The molecule has 0 N–H and O–H groups in total. The predicted octanol–water partition coefficient (Wildman–Crippen LogP) is 1.64. The van der Waals surface area contributed by atoms with Crippen LogP contribution in [0.3, 0.4) is 0 Å². The van der Waals surface area contributed by atoms with Gasteiger partial charge in [-0.05, 0) is 17.4 Å². The Bertz CT molecular complexity index is 388. The van der Waals surface area contributed by atoms with Crippen LogP contribution in [-0.2, 0) is 11.3 Å². The van der Waals surface area contributed by atoms with Crippen LogP contribution >= 0.6 is 12.6 Å². The number of carbonyl (C=O) groups excluding carboxylic acids is 1. The highest BCUT2D eigenvalue weighted by Gasteiger charge is 2.12. The van der Waals surface area contributed by atoms with Crippen LogP contribution in [0.15, 0.2) is 24.5 Å². The van der Waals surface area contributed by atoms with Gasteiger partial charge in [-0.25, -0.2) is 0 Å². The summed E-state index contributed by atoms with van der Waals surface area (Å²) in [6, 6.07) is 5.80. The van der Waals surface area contributed by atoms with Gasteiger partial charge in [0.05, 0.1) is 12.5 Å². The quantitative estimate of drug-likeness (QED) is 0.780. The van der Waals surface area contributed by atoms with Crippen molar-refractivity contribution in [2.75, 3.05) is 12.3 Å². The van der Waals surface area contributed by atoms with Crippen molar-refractivity contribution >= 4 is 18.5 Å². The number of nitrogens with zero attached hydrogens (tertiary/aromatic N) is 3. The highest BCUT2D eigenvalue weighted by Crippen LogP contribution is 2.06. The lowest BCUT2D eigenvalue weighted by Crippen LogP contribution is -2.31. The van der Waals surface area contributed by atoms with Gasteiger partial charge in [-0.1, -0.05) is 6.07 Å². The predicted molar refractivity (Wildman–Crippen MR) is 68.4 cm³/mol. The maximum atomic E-state index is 11.8. The zero-order valence-electron chi connectivity index (χ0n) is 9.54. The number of carbonyl (C=O) groups is 1. The summed E-state index contributed by atoms with van der Waals surface area (Å²) in [6.07, 6.45) is 4.17. The summed E-state index contributed by atoms with van der Waals surface area (Å²) in [4.78, 5) is 17.5. The maximum absolute atomic E-state index is 11.8. The van der Waals surface area contributed by atoms with Gasteiger partial charge in [0.2, 0.25) is 5.91 Å². The molecule has 1 aromatic heterocycles. The summed E-state index contributed by atoms with van der Waals surface area (Å²) >= 11 is 4.05. The van der Waals surface area contributed by atoms with Crippen LogP contribution in [0, 0.1) is 11.3 Å². The standard InChI is InChI=1S/C12H15N3OS/c13-5-2-7-15(12(16)4-8-17)10-11-3-1-6-14-9-11/h1,3,6,9,17H,2,4,7-8,10H2. The van der Waals surface area contributed by atoms with E-state index in [1.54, 1.807) is 17.3 Å². The highest BCUT2D eigenvalue weighted by molar-refractivity contribution is 7.80. The number of nitriles is 1. The third kappa shape index (κ3) is 4.87. The van der Waals surface area contributed by atoms with E-state index in [2.05, 4.69) is 23.7 Å². The van der Waals surface area contributed by atoms with E-state index in [1.165, 1.54) is 0 Å². The van der Waals surface area contributed by atoms with Gasteiger partial charge in [0.25, 0.3) is 0 Å². The molecule has 0 saturated carbocycles. The Hall–Kier alpha value is -1.54. The number of thiol groups is 1. The summed E-state index contributed by atoms with van der Waals surface area (Å²) in [6.45, 7) is 0.958. The summed E-state index contributed by atoms with van der Waals surface area (Å²) in [7, 11) is 0. The molecule has 0 unspecified atom stereocenters. The molecule has 5 heteroatoms. The third-order valence-electron chi connectivity index (χ3n) is 2.27. The van der Waals surface area contributed by atoms with Crippen molar-refractivity contribution in [2.24, 2.45) is 0 Å². The Labute approximate surface area is 107 Å². The van der Waals surface area contributed by atoms with Crippen LogP contribution < -0.4 is 0 Å². The molecule has 1 aromatic rings. The van der Waals surface area contributed by atoms with E-state index in [4.69, 9.17) is 5.26 Å². The zero-order chi connectivity index (χ0) is 12.5. The van der Waals surface area contributed by atoms with Gasteiger partial charge in [-0.2, -0.15) is 17.9 Å². The number of amides is 1. The van der Waals surface area contributed by atoms with Gasteiger partial charge in [0.15, 0.2) is 0 Å². The molecule has 0 spiro atoms. The molecule has 0 aliphatic heterocycles. The number of hydrogen-bond donors (Lipinski definition) is 1. The highest BCUT2D eigenvalue weighted by atomic mass is 32.1. The average Bonchev–Trinajstić information content (AvgIpc) is 2.36. The summed E-state index contributed by atoms with van der Waals surface area (Å²) in [5.41, 5.74) is 0.970. The van der Waals surface area contributed by atoms with Crippen LogP contribution in [0.2, 0.25) is 0 Å². The first-order valence-electron chi connectivity index (χ1n) is 5.42. The summed E-state index contributed by atoms with van der Waals surface area (Å²) in [5.74, 6) is 0.550. The van der Waals surface area contributed by atoms with Crippen molar-refractivity contribution in [3.05, 3.63) is 30.1 Å². The molecule has 0 atom stereocenters. The molecular formula is C12H15N3OS. The molecule has 0 aliphatic rings. The van der Waals surface area contributed by atoms with Gasteiger partial charge < -0.3 is 4.90 Å². The second-order valence-electron chi connectivity index (χ2n) is 3.56. The molecule has 4 nitrogen and oxygen atoms in total. The molecule has 90 valence electrons. The fourth-order valence-corrected chi connectivity index (χ4v) is 1.63. The third-order valence-corrected chi connectivity index (χ3v) is 2.49. The Morgan fingerprint density at radius 3 is 3.00 bits per heavy atom. The smallest absolute Gasteiger partial charge is 0.223 e. The second kappa shape index (κ2) is 7.69. The number of hydrogen-bond acceptors (Lipinski definition) is 4. The molecule has 1 heterocycles. The van der Waals surface area contributed by atoms with Crippen LogP contribution in [-0.4, -0.2) is 28.1 Å². The van der Waals surface area contributed by atoms with Crippen molar-refractivity contribution in [3.63, 3.8) is 0 Å². The number of rotatable bonds is 6. The van der Waals surface area contributed by atoms with E-state index >= 15 is 0 Å². The first kappa shape index (κ1) is 13.5. The fraction of sp³-hybridized carbons (Fsp3) is 0.417. The van der Waals surface area contributed by atoms with Crippen molar-refractivity contribution in [2.45, 2.75) is 19.4 Å². The summed E-state index contributed by atoms with van der Waals surface area (Å²) < 4.78 is 0. The minimum Gasteiger partial charge on any atom is -0.337 e. The maximum Gasteiger partial charge on any atom is 0.223 e. The topological polar surface area (TPSA) is 57.0 Å². The molecule has 0 bridgehead atoms. The number of pyridine rings is 1. The first-order chi connectivity index (χ1) is 8.27. The molecule has 0 radical (unpaired) electrons. The molecule has 0 aromatic carbocycles. The Morgan fingerprint density at radius 2 is 2.41 bits per heavy atom. The lowest BCUT2D eigenvalue weighted by molar-refractivity contribution is -0.131. The SMILES string of the molecule is N#CCCN(Cc1cccnc1)C(=O)CCS. The van der Waals surface area contributed by atoms with Gasteiger partial charge in [0, 0.05) is 31.9 Å². The van der Waals surface area contributed by atoms with Crippen molar-refractivity contribution in [1.29, 1.82) is 5.26 Å². The second-order valence-corrected chi connectivity index (χ2v) is 4.01. The summed E-state index contributed by atoms with van der Waals surface area (Å²) in [5, 5.41) is 8.58. The normalized spacial score (nSPS) is 9.65. The lowest BCUT2D eigenvalue weighted by atomic mass is 10.2. The van der Waals surface area contributed by atoms with E-state index < -0.39 is 0 Å². The van der Waals surface area contributed by atoms with Crippen LogP contribution in [0.5, 0.6) is 0 Å². The minimum absolute atomic E-state index is 0.0269. The van der Waals surface area contributed by atoms with Crippen molar-refractivity contribution in [3.8, 4) is 6.07 Å². The molecule has 1 amide bonds. The van der Waals surface area contributed by atoms with Crippen molar-refractivity contribution < 1.29 is 4.79 Å². The van der Waals surface area contributed by atoms with E-state index in [1.807, 2.05) is 12.1 Å². The Balaban J connectivity index is 2.63.